The molecule has 1 aromatic heterocycles. The highest BCUT2D eigenvalue weighted by Gasteiger charge is 2.24. The maximum absolute atomic E-state index is 13.1. The van der Waals surface area contributed by atoms with Crippen molar-refractivity contribution in [1.82, 2.24) is 20.0 Å². The molecule has 0 aliphatic carbocycles. The predicted molar refractivity (Wildman–Crippen MR) is 158 cm³/mol. The van der Waals surface area contributed by atoms with Crippen LogP contribution in [0.4, 0.5) is 16.3 Å². The second-order valence-electron chi connectivity index (χ2n) is 11.7. The average Bonchev–Trinajstić information content (AvgIpc) is 3.53. The number of likely N-dealkylation sites (N-methyl/N-ethyl adjacent to an activating group) is 1. The summed E-state index contributed by atoms with van der Waals surface area (Å²) in [6.07, 6.45) is 0.991. The van der Waals surface area contributed by atoms with Crippen molar-refractivity contribution in [3.63, 3.8) is 0 Å². The van der Waals surface area contributed by atoms with Gasteiger partial charge in [-0.2, -0.15) is 5.10 Å². The zero-order valence-electron chi connectivity index (χ0n) is 23.3. The molecule has 204 valence electrons. The lowest BCUT2D eigenvalue weighted by Crippen LogP contribution is -2.26. The number of carbonyl (C=O) groups excluding carboxylic acids is 2. The van der Waals surface area contributed by atoms with Crippen LogP contribution < -0.4 is 16.0 Å². The Hall–Kier alpha value is -4.43. The van der Waals surface area contributed by atoms with Gasteiger partial charge < -0.3 is 15.5 Å². The molecule has 3 N–H and O–H groups in total. The first-order chi connectivity index (χ1) is 19.2. The summed E-state index contributed by atoms with van der Waals surface area (Å²) in [7, 11) is 2.14. The highest BCUT2D eigenvalue weighted by Crippen LogP contribution is 2.31. The van der Waals surface area contributed by atoms with Crippen LogP contribution in [-0.2, 0) is 24.9 Å². The lowest BCUT2D eigenvalue weighted by Gasteiger charge is -2.25. The van der Waals surface area contributed by atoms with Crippen molar-refractivity contribution in [2.45, 2.75) is 45.7 Å². The fourth-order valence-electron chi connectivity index (χ4n) is 5.38. The van der Waals surface area contributed by atoms with Crippen LogP contribution in [0, 0.1) is 0 Å². The summed E-state index contributed by atoms with van der Waals surface area (Å²) in [4.78, 5) is 27.5. The van der Waals surface area contributed by atoms with Crippen LogP contribution >= 0.6 is 0 Å². The van der Waals surface area contributed by atoms with Crippen molar-refractivity contribution < 1.29 is 9.59 Å². The SMILES string of the molecule is CN1CCc2cc(-n3nc(C(C)(C)C)cc3NC(=O)Nc3ccc(-c4cccc5c4CNC5=O)cc3)ccc2C1. The van der Waals surface area contributed by atoms with E-state index in [2.05, 4.69) is 66.9 Å². The Balaban J connectivity index is 1.22. The largest absolute Gasteiger partial charge is 0.348 e. The van der Waals surface area contributed by atoms with E-state index < -0.39 is 0 Å². The minimum absolute atomic E-state index is 0.0383. The van der Waals surface area contributed by atoms with Gasteiger partial charge in [-0.3, -0.25) is 10.1 Å². The van der Waals surface area contributed by atoms with Gasteiger partial charge in [0.2, 0.25) is 0 Å². The first-order valence-electron chi connectivity index (χ1n) is 13.7. The Bertz CT molecular complexity index is 1610. The maximum atomic E-state index is 13.1. The molecule has 0 bridgehead atoms. The van der Waals surface area contributed by atoms with Crippen molar-refractivity contribution in [3.8, 4) is 16.8 Å². The minimum atomic E-state index is -0.343. The van der Waals surface area contributed by atoms with Gasteiger partial charge in [-0.1, -0.05) is 51.1 Å². The molecule has 0 radical (unpaired) electrons. The fourth-order valence-corrected chi connectivity index (χ4v) is 5.38. The van der Waals surface area contributed by atoms with E-state index in [4.69, 9.17) is 5.10 Å². The number of aromatic nitrogens is 2. The molecule has 6 rings (SSSR count). The average molecular weight is 535 g/mol. The standard InChI is InChI=1S/C32H34N6O2/c1-32(2,3)28-17-29(38(36-28)24-13-10-22-19-37(4)15-14-21(22)16-24)35-31(40)34-23-11-8-20(9-12-23)25-6-5-7-26-27(25)18-33-30(26)39/h5-13,16-17H,14-15,18-19H2,1-4H3,(H,33,39)(H2,34,35,40). The molecule has 3 amide bonds. The zero-order chi connectivity index (χ0) is 28.0. The highest BCUT2D eigenvalue weighted by molar-refractivity contribution is 6.01. The van der Waals surface area contributed by atoms with E-state index in [-0.39, 0.29) is 17.4 Å². The van der Waals surface area contributed by atoms with E-state index in [0.29, 0.717) is 18.1 Å². The third kappa shape index (κ3) is 4.98. The van der Waals surface area contributed by atoms with Crippen LogP contribution in [0.2, 0.25) is 0 Å². The quantitative estimate of drug-likeness (QED) is 0.313. The number of fused-ring (bicyclic) bond motifs is 2. The first kappa shape index (κ1) is 25.8. The number of amides is 3. The molecule has 40 heavy (non-hydrogen) atoms. The van der Waals surface area contributed by atoms with Crippen molar-refractivity contribution in [2.24, 2.45) is 0 Å². The van der Waals surface area contributed by atoms with Crippen LogP contribution in [0.3, 0.4) is 0 Å². The van der Waals surface area contributed by atoms with Crippen LogP contribution in [0.1, 0.15) is 53.5 Å². The van der Waals surface area contributed by atoms with Crippen LogP contribution in [0.25, 0.3) is 16.8 Å². The van der Waals surface area contributed by atoms with Gasteiger partial charge in [0.15, 0.2) is 0 Å². The van der Waals surface area contributed by atoms with E-state index in [1.807, 2.05) is 53.2 Å². The van der Waals surface area contributed by atoms with Crippen molar-refractivity contribution in [2.75, 3.05) is 24.2 Å². The summed E-state index contributed by atoms with van der Waals surface area (Å²) in [5, 5.41) is 13.7. The van der Waals surface area contributed by atoms with Crippen LogP contribution in [-0.4, -0.2) is 40.2 Å². The summed E-state index contributed by atoms with van der Waals surface area (Å²) < 4.78 is 1.83. The van der Waals surface area contributed by atoms with Crippen molar-refractivity contribution >= 4 is 23.4 Å². The van der Waals surface area contributed by atoms with Crippen molar-refractivity contribution in [3.05, 3.63) is 94.7 Å². The molecule has 8 nitrogen and oxygen atoms in total. The van der Waals surface area contributed by atoms with Gasteiger partial charge in [0.1, 0.15) is 5.82 Å². The number of carbonyl (C=O) groups is 2. The fraction of sp³-hybridized carbons (Fsp3) is 0.281. The van der Waals surface area contributed by atoms with Gasteiger partial charge in [-0.15, -0.1) is 0 Å². The predicted octanol–water partition coefficient (Wildman–Crippen LogP) is 5.71. The van der Waals surface area contributed by atoms with E-state index >= 15 is 0 Å². The Labute approximate surface area is 234 Å². The monoisotopic (exact) mass is 534 g/mol. The van der Waals surface area contributed by atoms with E-state index in [0.717, 1.165) is 53.1 Å². The zero-order valence-corrected chi connectivity index (χ0v) is 23.3. The number of benzene rings is 3. The van der Waals surface area contributed by atoms with Crippen LogP contribution in [0.15, 0.2) is 66.7 Å². The van der Waals surface area contributed by atoms with Gasteiger partial charge in [0, 0.05) is 42.4 Å². The van der Waals surface area contributed by atoms with E-state index in [1.54, 1.807) is 0 Å². The Morgan fingerprint density at radius 3 is 2.50 bits per heavy atom. The third-order valence-electron chi connectivity index (χ3n) is 7.66. The summed E-state index contributed by atoms with van der Waals surface area (Å²) in [6.45, 7) is 8.83. The second kappa shape index (κ2) is 9.95. The molecule has 0 fully saturated rings. The van der Waals surface area contributed by atoms with Gasteiger partial charge in [-0.25, -0.2) is 9.48 Å². The molecule has 3 heterocycles. The smallest absolute Gasteiger partial charge is 0.324 e. The summed E-state index contributed by atoms with van der Waals surface area (Å²) in [5.41, 5.74) is 8.70. The number of anilines is 2. The first-order valence-corrected chi connectivity index (χ1v) is 13.7. The van der Waals surface area contributed by atoms with Gasteiger partial charge >= 0.3 is 6.03 Å². The Morgan fingerprint density at radius 2 is 1.73 bits per heavy atom. The molecule has 0 atom stereocenters. The molecule has 4 aromatic rings. The lowest BCUT2D eigenvalue weighted by atomic mass is 9.92. The Morgan fingerprint density at radius 1 is 0.950 bits per heavy atom. The molecule has 2 aliphatic heterocycles. The normalized spacial score (nSPS) is 14.8. The minimum Gasteiger partial charge on any atom is -0.348 e. The molecule has 0 spiro atoms. The number of rotatable bonds is 4. The van der Waals surface area contributed by atoms with Gasteiger partial charge in [0.05, 0.1) is 11.4 Å². The Kier molecular flexibility index (Phi) is 6.43. The molecule has 0 unspecified atom stereocenters. The van der Waals surface area contributed by atoms with Gasteiger partial charge in [0.25, 0.3) is 5.91 Å². The lowest BCUT2D eigenvalue weighted by molar-refractivity contribution is 0.0965. The summed E-state index contributed by atoms with van der Waals surface area (Å²) in [5.74, 6) is 0.576. The summed E-state index contributed by atoms with van der Waals surface area (Å²) >= 11 is 0. The number of nitrogens with zero attached hydrogens (tertiary/aromatic N) is 3. The van der Waals surface area contributed by atoms with E-state index in [1.165, 1.54) is 11.1 Å². The molecular weight excluding hydrogens is 500 g/mol. The number of nitrogens with one attached hydrogen (secondary N) is 3. The van der Waals surface area contributed by atoms with Crippen LogP contribution in [0.5, 0.6) is 0 Å². The maximum Gasteiger partial charge on any atom is 0.324 e. The molecule has 8 heteroatoms. The second-order valence-corrected chi connectivity index (χ2v) is 11.7. The molecule has 0 saturated heterocycles. The van der Waals surface area contributed by atoms with E-state index in [9.17, 15) is 9.59 Å². The number of hydrogen-bond donors (Lipinski definition) is 3. The molecule has 3 aromatic carbocycles. The number of urea groups is 1. The van der Waals surface area contributed by atoms with Gasteiger partial charge in [-0.05, 0) is 71.6 Å². The molecule has 0 saturated carbocycles. The third-order valence-corrected chi connectivity index (χ3v) is 7.66. The molecule has 2 aliphatic rings. The highest BCUT2D eigenvalue weighted by atomic mass is 16.2. The summed E-state index contributed by atoms with van der Waals surface area (Å²) in [6, 6.07) is 21.4. The van der Waals surface area contributed by atoms with Crippen molar-refractivity contribution in [1.29, 1.82) is 0 Å². The number of hydrogen-bond acceptors (Lipinski definition) is 4. The molecular formula is C32H34N6O2. The topological polar surface area (TPSA) is 91.3 Å².